The predicted octanol–water partition coefficient (Wildman–Crippen LogP) is 4.61. The first-order valence-corrected chi connectivity index (χ1v) is 9.84. The van der Waals surface area contributed by atoms with Crippen LogP contribution in [-0.2, 0) is 17.8 Å². The Morgan fingerprint density at radius 1 is 0.966 bits per heavy atom. The van der Waals surface area contributed by atoms with Gasteiger partial charge in [-0.05, 0) is 24.3 Å². The number of para-hydroxylation sites is 4. The molecule has 0 bridgehead atoms. The quantitative estimate of drug-likeness (QED) is 0.560. The number of hydrogen-bond donors (Lipinski definition) is 1. The van der Waals surface area contributed by atoms with E-state index in [0.29, 0.717) is 0 Å². The average Bonchev–Trinajstić information content (AvgIpc) is 3.11. The standard InChI is InChI=1S/C24H21N3O2/c1-2-22-25-18-11-5-6-12-19(18)27(22)15-23(28)26-24-16-9-3-7-13-20(16)29-21-14-8-4-10-17(21)24/h3-14,24H,2,15H2,1H3,(H,26,28). The van der Waals surface area contributed by atoms with E-state index < -0.39 is 0 Å². The van der Waals surface area contributed by atoms with E-state index in [1.807, 2.05) is 77.4 Å². The summed E-state index contributed by atoms with van der Waals surface area (Å²) in [7, 11) is 0. The third-order valence-electron chi connectivity index (χ3n) is 5.34. The number of benzene rings is 3. The molecule has 0 aliphatic carbocycles. The SMILES string of the molecule is CCc1nc2ccccc2n1CC(=O)NC1c2ccccc2Oc2ccccc21. The number of nitrogens with zero attached hydrogens (tertiary/aromatic N) is 2. The summed E-state index contributed by atoms with van der Waals surface area (Å²) in [5.41, 5.74) is 3.82. The van der Waals surface area contributed by atoms with Crippen LogP contribution in [0.15, 0.2) is 72.8 Å². The van der Waals surface area contributed by atoms with Crippen molar-refractivity contribution >= 4 is 16.9 Å². The largest absolute Gasteiger partial charge is 0.457 e. The maximum absolute atomic E-state index is 13.1. The maximum Gasteiger partial charge on any atom is 0.240 e. The monoisotopic (exact) mass is 383 g/mol. The molecule has 0 fully saturated rings. The molecule has 2 heterocycles. The zero-order chi connectivity index (χ0) is 19.8. The van der Waals surface area contributed by atoms with Gasteiger partial charge in [0.15, 0.2) is 0 Å². The third kappa shape index (κ3) is 3.05. The van der Waals surface area contributed by atoms with E-state index in [9.17, 15) is 4.79 Å². The molecule has 1 aromatic heterocycles. The van der Waals surface area contributed by atoms with Crippen molar-refractivity contribution in [2.75, 3.05) is 0 Å². The number of aryl methyl sites for hydroxylation is 1. The molecule has 0 unspecified atom stereocenters. The lowest BCUT2D eigenvalue weighted by Crippen LogP contribution is -2.34. The summed E-state index contributed by atoms with van der Waals surface area (Å²) in [5.74, 6) is 2.41. The van der Waals surface area contributed by atoms with E-state index in [1.54, 1.807) is 0 Å². The Kier molecular flexibility index (Phi) is 4.28. The fourth-order valence-corrected chi connectivity index (χ4v) is 3.99. The van der Waals surface area contributed by atoms with Gasteiger partial charge in [-0.25, -0.2) is 4.98 Å². The number of ether oxygens (including phenoxy) is 1. The zero-order valence-corrected chi connectivity index (χ0v) is 16.1. The van der Waals surface area contributed by atoms with Crippen LogP contribution in [0.4, 0.5) is 0 Å². The van der Waals surface area contributed by atoms with E-state index >= 15 is 0 Å². The second-order valence-corrected chi connectivity index (χ2v) is 7.13. The van der Waals surface area contributed by atoms with Crippen LogP contribution in [0.1, 0.15) is 29.9 Å². The van der Waals surface area contributed by atoms with E-state index in [2.05, 4.69) is 17.2 Å². The van der Waals surface area contributed by atoms with E-state index in [4.69, 9.17) is 4.74 Å². The van der Waals surface area contributed by atoms with Crippen LogP contribution < -0.4 is 10.1 Å². The first kappa shape index (κ1) is 17.5. The minimum atomic E-state index is -0.247. The summed E-state index contributed by atoms with van der Waals surface area (Å²) < 4.78 is 8.02. The van der Waals surface area contributed by atoms with Crippen molar-refractivity contribution in [1.29, 1.82) is 0 Å². The number of carbonyl (C=O) groups is 1. The van der Waals surface area contributed by atoms with Gasteiger partial charge >= 0.3 is 0 Å². The molecule has 3 aromatic carbocycles. The van der Waals surface area contributed by atoms with Gasteiger partial charge < -0.3 is 14.6 Å². The number of carbonyl (C=O) groups excluding carboxylic acids is 1. The predicted molar refractivity (Wildman–Crippen MR) is 112 cm³/mol. The smallest absolute Gasteiger partial charge is 0.240 e. The van der Waals surface area contributed by atoms with Crippen LogP contribution in [0.2, 0.25) is 0 Å². The summed E-state index contributed by atoms with van der Waals surface area (Å²) in [5, 5.41) is 3.22. The number of rotatable bonds is 4. The van der Waals surface area contributed by atoms with Gasteiger partial charge in [-0.3, -0.25) is 4.79 Å². The molecular weight excluding hydrogens is 362 g/mol. The Bertz CT molecular complexity index is 1170. The normalized spacial score (nSPS) is 12.9. The van der Waals surface area contributed by atoms with Crippen LogP contribution in [-0.4, -0.2) is 15.5 Å². The maximum atomic E-state index is 13.1. The Balaban J connectivity index is 1.48. The fraction of sp³-hybridized carbons (Fsp3) is 0.167. The topological polar surface area (TPSA) is 56.2 Å². The van der Waals surface area contributed by atoms with E-state index in [-0.39, 0.29) is 18.5 Å². The highest BCUT2D eigenvalue weighted by atomic mass is 16.5. The van der Waals surface area contributed by atoms with Crippen molar-refractivity contribution in [3.63, 3.8) is 0 Å². The van der Waals surface area contributed by atoms with E-state index in [0.717, 1.165) is 45.9 Å². The third-order valence-corrected chi connectivity index (χ3v) is 5.34. The molecule has 5 rings (SSSR count). The summed E-state index contributed by atoms with van der Waals surface area (Å²) in [6.07, 6.45) is 0.769. The molecule has 0 radical (unpaired) electrons. The highest BCUT2D eigenvalue weighted by Crippen LogP contribution is 2.42. The number of hydrogen-bond acceptors (Lipinski definition) is 3. The second kappa shape index (κ2) is 7.09. The van der Waals surface area contributed by atoms with Gasteiger partial charge in [0, 0.05) is 17.5 Å². The first-order valence-electron chi connectivity index (χ1n) is 9.84. The Morgan fingerprint density at radius 2 is 1.59 bits per heavy atom. The first-order chi connectivity index (χ1) is 14.2. The number of aromatic nitrogens is 2. The average molecular weight is 383 g/mol. The highest BCUT2D eigenvalue weighted by Gasteiger charge is 2.28. The van der Waals surface area contributed by atoms with Crippen molar-refractivity contribution < 1.29 is 9.53 Å². The molecule has 0 atom stereocenters. The minimum absolute atomic E-state index is 0.0561. The molecule has 1 amide bonds. The van der Waals surface area contributed by atoms with Gasteiger partial charge in [0.2, 0.25) is 5.91 Å². The molecular formula is C24H21N3O2. The van der Waals surface area contributed by atoms with Crippen molar-refractivity contribution in [1.82, 2.24) is 14.9 Å². The van der Waals surface area contributed by atoms with Crippen molar-refractivity contribution in [2.24, 2.45) is 0 Å². The molecule has 0 spiro atoms. The van der Waals surface area contributed by atoms with Crippen molar-refractivity contribution in [3.05, 3.63) is 89.7 Å². The molecule has 29 heavy (non-hydrogen) atoms. The van der Waals surface area contributed by atoms with Crippen LogP contribution >= 0.6 is 0 Å². The molecule has 1 aliphatic heterocycles. The van der Waals surface area contributed by atoms with Crippen molar-refractivity contribution in [2.45, 2.75) is 25.9 Å². The Morgan fingerprint density at radius 3 is 2.28 bits per heavy atom. The van der Waals surface area contributed by atoms with Gasteiger partial charge in [-0.2, -0.15) is 0 Å². The molecule has 4 aromatic rings. The summed E-state index contributed by atoms with van der Waals surface area (Å²) in [6.45, 7) is 2.28. The number of imidazole rings is 1. The minimum Gasteiger partial charge on any atom is -0.457 e. The summed E-state index contributed by atoms with van der Waals surface area (Å²) in [4.78, 5) is 17.8. The number of nitrogens with one attached hydrogen (secondary N) is 1. The second-order valence-electron chi connectivity index (χ2n) is 7.13. The number of amides is 1. The number of fused-ring (bicyclic) bond motifs is 3. The van der Waals surface area contributed by atoms with Gasteiger partial charge in [0.05, 0.1) is 17.1 Å². The van der Waals surface area contributed by atoms with E-state index in [1.165, 1.54) is 0 Å². The highest BCUT2D eigenvalue weighted by molar-refractivity contribution is 5.82. The van der Waals surface area contributed by atoms with Gasteiger partial charge in [-0.15, -0.1) is 0 Å². The molecule has 5 nitrogen and oxygen atoms in total. The molecule has 0 saturated heterocycles. The molecule has 0 saturated carbocycles. The lowest BCUT2D eigenvalue weighted by atomic mass is 9.94. The lowest BCUT2D eigenvalue weighted by molar-refractivity contribution is -0.122. The van der Waals surface area contributed by atoms with Crippen molar-refractivity contribution in [3.8, 4) is 11.5 Å². The summed E-state index contributed by atoms with van der Waals surface area (Å²) >= 11 is 0. The Labute approximate surface area is 169 Å². The van der Waals surface area contributed by atoms with Crippen LogP contribution in [0.5, 0.6) is 11.5 Å². The molecule has 1 N–H and O–H groups in total. The molecule has 5 heteroatoms. The molecule has 144 valence electrons. The van der Waals surface area contributed by atoms with Crippen LogP contribution in [0.25, 0.3) is 11.0 Å². The van der Waals surface area contributed by atoms with Crippen LogP contribution in [0, 0.1) is 0 Å². The van der Waals surface area contributed by atoms with Gasteiger partial charge in [-0.1, -0.05) is 55.5 Å². The zero-order valence-electron chi connectivity index (χ0n) is 16.1. The summed E-state index contributed by atoms with van der Waals surface area (Å²) in [6, 6.07) is 23.4. The lowest BCUT2D eigenvalue weighted by Gasteiger charge is -2.29. The van der Waals surface area contributed by atoms with Gasteiger partial charge in [0.1, 0.15) is 23.9 Å². The van der Waals surface area contributed by atoms with Crippen LogP contribution in [0.3, 0.4) is 0 Å². The molecule has 1 aliphatic rings. The van der Waals surface area contributed by atoms with Gasteiger partial charge in [0.25, 0.3) is 0 Å². The Hall–Kier alpha value is -3.60. The fourth-order valence-electron chi connectivity index (χ4n) is 3.99.